The first-order valence-electron chi connectivity index (χ1n) is 11.6. The van der Waals surface area contributed by atoms with Crippen LogP contribution in [-0.2, 0) is 4.79 Å². The van der Waals surface area contributed by atoms with Crippen LogP contribution in [0.25, 0.3) is 22.2 Å². The highest BCUT2D eigenvalue weighted by atomic mass is 19.2. The molecule has 180 valence electrons. The molecule has 1 amide bonds. The predicted octanol–water partition coefficient (Wildman–Crippen LogP) is 6.00. The Labute approximate surface area is 202 Å². The molecule has 2 aromatic carbocycles. The minimum atomic E-state index is -0.897. The Balaban J connectivity index is 1.21. The summed E-state index contributed by atoms with van der Waals surface area (Å²) in [5, 5.41) is 2.99. The van der Waals surface area contributed by atoms with E-state index in [-0.39, 0.29) is 17.9 Å². The van der Waals surface area contributed by atoms with Crippen LogP contribution in [0.5, 0.6) is 5.88 Å². The molecule has 1 fully saturated rings. The summed E-state index contributed by atoms with van der Waals surface area (Å²) in [6, 6.07) is 13.8. The summed E-state index contributed by atoms with van der Waals surface area (Å²) in [5.74, 6) is -0.750. The number of hydrogen-bond acceptors (Lipinski definition) is 4. The van der Waals surface area contributed by atoms with E-state index >= 15 is 0 Å². The molecule has 1 N–H and O–H groups in total. The maximum absolute atomic E-state index is 13.8. The van der Waals surface area contributed by atoms with Crippen LogP contribution < -0.4 is 10.1 Å². The predicted molar refractivity (Wildman–Crippen MR) is 130 cm³/mol. The van der Waals surface area contributed by atoms with Crippen LogP contribution in [-0.4, -0.2) is 27.6 Å². The van der Waals surface area contributed by atoms with E-state index < -0.39 is 11.6 Å². The maximum atomic E-state index is 13.8. The third-order valence-corrected chi connectivity index (χ3v) is 6.93. The number of carbonyl (C=O) groups excluding carboxylic acids is 1. The fraction of sp³-hybridized carbons (Fsp3) is 0.296. The largest absolute Gasteiger partial charge is 0.481 e. The Bertz CT molecular complexity index is 1350. The summed E-state index contributed by atoms with van der Waals surface area (Å²) in [6.07, 6.45) is 5.43. The normalized spacial score (nSPS) is 19.7. The van der Waals surface area contributed by atoms with Gasteiger partial charge in [-0.05, 0) is 48.4 Å². The molecule has 0 saturated heterocycles. The van der Waals surface area contributed by atoms with Crippen molar-refractivity contribution in [2.75, 3.05) is 12.4 Å². The number of nitrogens with one attached hydrogen (secondary N) is 1. The Morgan fingerprint density at radius 1 is 1.06 bits per heavy atom. The number of ether oxygens (including phenoxy) is 1. The van der Waals surface area contributed by atoms with E-state index in [1.165, 1.54) is 6.07 Å². The number of benzene rings is 2. The van der Waals surface area contributed by atoms with Gasteiger partial charge in [0.1, 0.15) is 0 Å². The number of imidazole rings is 1. The first-order valence-corrected chi connectivity index (χ1v) is 11.6. The van der Waals surface area contributed by atoms with Gasteiger partial charge < -0.3 is 14.6 Å². The van der Waals surface area contributed by atoms with E-state index in [2.05, 4.69) is 22.2 Å². The molecule has 1 saturated carbocycles. The summed E-state index contributed by atoms with van der Waals surface area (Å²) in [7, 11) is 1.58. The molecule has 6 nitrogen and oxygen atoms in total. The highest BCUT2D eigenvalue weighted by Gasteiger charge is 2.34. The molecule has 5 rings (SSSR count). The molecule has 2 heterocycles. The average Bonchev–Trinajstić information content (AvgIpc) is 3.42. The van der Waals surface area contributed by atoms with Gasteiger partial charge in [0.25, 0.3) is 0 Å². The van der Waals surface area contributed by atoms with Crippen LogP contribution >= 0.6 is 0 Å². The Morgan fingerprint density at radius 3 is 2.51 bits per heavy atom. The second-order valence-corrected chi connectivity index (χ2v) is 9.19. The van der Waals surface area contributed by atoms with Crippen LogP contribution in [0, 0.1) is 23.5 Å². The van der Waals surface area contributed by atoms with Gasteiger partial charge in [0.05, 0.1) is 24.5 Å². The average molecular weight is 477 g/mol. The van der Waals surface area contributed by atoms with E-state index in [1.807, 2.05) is 41.0 Å². The van der Waals surface area contributed by atoms with Gasteiger partial charge in [-0.1, -0.05) is 19.1 Å². The van der Waals surface area contributed by atoms with Crippen LogP contribution in [0.1, 0.15) is 32.2 Å². The lowest BCUT2D eigenvalue weighted by molar-refractivity contribution is -0.117. The highest BCUT2D eigenvalue weighted by molar-refractivity contribution is 5.91. The third kappa shape index (κ3) is 4.73. The van der Waals surface area contributed by atoms with E-state index in [0.717, 1.165) is 35.7 Å². The second-order valence-electron chi connectivity index (χ2n) is 9.19. The summed E-state index contributed by atoms with van der Waals surface area (Å²) >= 11 is 0. The van der Waals surface area contributed by atoms with E-state index in [1.54, 1.807) is 19.6 Å². The number of fused-ring (bicyclic) bond motifs is 1. The van der Waals surface area contributed by atoms with Crippen LogP contribution in [0.3, 0.4) is 0 Å². The lowest BCUT2D eigenvalue weighted by Gasteiger charge is -2.15. The number of nitrogens with zero attached hydrogens (tertiary/aromatic N) is 3. The SMILES string of the molecule is COc1ccc(-c2ccc(NC(=O)CC3CC(n4cnc5cc(F)c(F)cc54)CC3C)cc2)cn1. The van der Waals surface area contributed by atoms with Crippen molar-refractivity contribution in [1.82, 2.24) is 14.5 Å². The molecule has 8 heteroatoms. The first kappa shape index (κ1) is 23.0. The minimum absolute atomic E-state index is 0.0371. The van der Waals surface area contributed by atoms with Crippen LogP contribution in [0.4, 0.5) is 14.5 Å². The zero-order valence-corrected chi connectivity index (χ0v) is 19.5. The van der Waals surface area contributed by atoms with Crippen molar-refractivity contribution < 1.29 is 18.3 Å². The Hall–Kier alpha value is -3.81. The molecular weight excluding hydrogens is 450 g/mol. The lowest BCUT2D eigenvalue weighted by Crippen LogP contribution is -2.18. The van der Waals surface area contributed by atoms with Crippen molar-refractivity contribution >= 4 is 22.6 Å². The van der Waals surface area contributed by atoms with Crippen molar-refractivity contribution in [1.29, 1.82) is 0 Å². The van der Waals surface area contributed by atoms with Gasteiger partial charge in [-0.25, -0.2) is 18.7 Å². The third-order valence-electron chi connectivity index (χ3n) is 6.93. The topological polar surface area (TPSA) is 69.0 Å². The fourth-order valence-electron chi connectivity index (χ4n) is 4.99. The summed E-state index contributed by atoms with van der Waals surface area (Å²) in [6.45, 7) is 2.13. The van der Waals surface area contributed by atoms with E-state index in [9.17, 15) is 13.6 Å². The molecular formula is C27H26F2N4O2. The molecule has 35 heavy (non-hydrogen) atoms. The molecule has 4 aromatic rings. The molecule has 0 spiro atoms. The molecule has 0 radical (unpaired) electrons. The van der Waals surface area contributed by atoms with Gasteiger partial charge in [-0.3, -0.25) is 4.79 Å². The molecule has 3 atom stereocenters. The molecule has 1 aliphatic carbocycles. The number of rotatable bonds is 6. The molecule has 2 aromatic heterocycles. The van der Waals surface area contributed by atoms with Crippen LogP contribution in [0.15, 0.2) is 61.1 Å². The van der Waals surface area contributed by atoms with Crippen molar-refractivity contribution in [3.05, 3.63) is 72.7 Å². The number of halogens is 2. The number of carbonyl (C=O) groups is 1. The first-order chi connectivity index (χ1) is 16.9. The molecule has 0 bridgehead atoms. The van der Waals surface area contributed by atoms with Gasteiger partial charge in [0.2, 0.25) is 11.8 Å². The molecule has 3 unspecified atom stereocenters. The standard InChI is InChI=1S/C27H26F2N4O2/c1-16-9-21(33-15-31-24-12-22(28)23(29)13-25(24)33)10-19(16)11-26(34)32-20-6-3-17(4-7-20)18-5-8-27(35-2)30-14-18/h3-8,12-16,19,21H,9-11H2,1-2H3,(H,32,34). The zero-order chi connectivity index (χ0) is 24.5. The number of hydrogen-bond donors (Lipinski definition) is 1. The van der Waals surface area contributed by atoms with Crippen molar-refractivity contribution in [3.63, 3.8) is 0 Å². The van der Waals surface area contributed by atoms with Gasteiger partial charge in [0, 0.05) is 48.1 Å². The van der Waals surface area contributed by atoms with Crippen molar-refractivity contribution in [3.8, 4) is 17.0 Å². The maximum Gasteiger partial charge on any atom is 0.224 e. The Morgan fingerprint density at radius 2 is 1.80 bits per heavy atom. The van der Waals surface area contributed by atoms with Gasteiger partial charge in [-0.2, -0.15) is 0 Å². The van der Waals surface area contributed by atoms with Gasteiger partial charge in [0.15, 0.2) is 11.6 Å². The Kier molecular flexibility index (Phi) is 6.19. The highest BCUT2D eigenvalue weighted by Crippen LogP contribution is 2.42. The van der Waals surface area contributed by atoms with E-state index in [4.69, 9.17) is 4.74 Å². The minimum Gasteiger partial charge on any atom is -0.481 e. The van der Waals surface area contributed by atoms with Gasteiger partial charge in [-0.15, -0.1) is 0 Å². The van der Waals surface area contributed by atoms with Crippen LogP contribution in [0.2, 0.25) is 0 Å². The summed E-state index contributed by atoms with van der Waals surface area (Å²) < 4.78 is 34.4. The summed E-state index contributed by atoms with van der Waals surface area (Å²) in [4.78, 5) is 21.2. The second kappa shape index (κ2) is 9.44. The number of methoxy groups -OCH3 is 1. The zero-order valence-electron chi connectivity index (χ0n) is 19.5. The monoisotopic (exact) mass is 476 g/mol. The smallest absolute Gasteiger partial charge is 0.224 e. The van der Waals surface area contributed by atoms with Crippen molar-refractivity contribution in [2.45, 2.75) is 32.2 Å². The number of pyridine rings is 1. The van der Waals surface area contributed by atoms with Gasteiger partial charge >= 0.3 is 0 Å². The summed E-state index contributed by atoms with van der Waals surface area (Å²) in [5.41, 5.74) is 3.71. The lowest BCUT2D eigenvalue weighted by atomic mass is 9.94. The quantitative estimate of drug-likeness (QED) is 0.371. The molecule has 1 aliphatic rings. The van der Waals surface area contributed by atoms with E-state index in [0.29, 0.717) is 29.3 Å². The number of aromatic nitrogens is 3. The van der Waals surface area contributed by atoms with Crippen molar-refractivity contribution in [2.24, 2.45) is 11.8 Å². The molecule has 0 aliphatic heterocycles. The fourth-order valence-corrected chi connectivity index (χ4v) is 4.99. The number of amides is 1. The number of anilines is 1.